The third-order valence-corrected chi connectivity index (χ3v) is 3.77. The highest BCUT2D eigenvalue weighted by Crippen LogP contribution is 2.32. The SMILES string of the molecule is CCN(CCCO)C(=O)CCC(CCN)C(C)(C)C. The maximum Gasteiger partial charge on any atom is 0.222 e. The monoisotopic (exact) mass is 272 g/mol. The van der Waals surface area contributed by atoms with Gasteiger partial charge in [0.05, 0.1) is 0 Å². The first-order chi connectivity index (χ1) is 8.86. The lowest BCUT2D eigenvalue weighted by Crippen LogP contribution is -2.33. The lowest BCUT2D eigenvalue weighted by atomic mass is 9.76. The van der Waals surface area contributed by atoms with Gasteiger partial charge in [-0.2, -0.15) is 0 Å². The van der Waals surface area contributed by atoms with Gasteiger partial charge >= 0.3 is 0 Å². The van der Waals surface area contributed by atoms with Crippen molar-refractivity contribution in [1.82, 2.24) is 4.90 Å². The van der Waals surface area contributed by atoms with Crippen LogP contribution in [0.25, 0.3) is 0 Å². The summed E-state index contributed by atoms with van der Waals surface area (Å²) in [4.78, 5) is 14.0. The van der Waals surface area contributed by atoms with Gasteiger partial charge < -0.3 is 15.7 Å². The molecule has 0 rings (SSSR count). The number of hydrogen-bond donors (Lipinski definition) is 2. The first-order valence-corrected chi connectivity index (χ1v) is 7.45. The van der Waals surface area contributed by atoms with E-state index in [1.54, 1.807) is 0 Å². The van der Waals surface area contributed by atoms with Crippen molar-refractivity contribution in [2.45, 2.75) is 53.4 Å². The zero-order valence-corrected chi connectivity index (χ0v) is 13.1. The van der Waals surface area contributed by atoms with Crippen LogP contribution in [0.4, 0.5) is 0 Å². The van der Waals surface area contributed by atoms with E-state index >= 15 is 0 Å². The van der Waals surface area contributed by atoms with Crippen molar-refractivity contribution >= 4 is 5.91 Å². The molecule has 0 aliphatic rings. The number of carbonyl (C=O) groups is 1. The molecule has 0 bridgehead atoms. The van der Waals surface area contributed by atoms with Crippen LogP contribution in [0, 0.1) is 11.3 Å². The smallest absolute Gasteiger partial charge is 0.222 e. The molecule has 0 radical (unpaired) electrons. The van der Waals surface area contributed by atoms with Crippen LogP contribution in [0.5, 0.6) is 0 Å². The quantitative estimate of drug-likeness (QED) is 0.675. The number of aliphatic hydroxyl groups excluding tert-OH is 1. The van der Waals surface area contributed by atoms with Crippen molar-refractivity contribution in [3.8, 4) is 0 Å². The van der Waals surface area contributed by atoms with Crippen LogP contribution in [0.2, 0.25) is 0 Å². The Hall–Kier alpha value is -0.610. The molecule has 19 heavy (non-hydrogen) atoms. The second kappa shape index (κ2) is 9.32. The molecule has 4 nitrogen and oxygen atoms in total. The van der Waals surface area contributed by atoms with E-state index in [-0.39, 0.29) is 17.9 Å². The first-order valence-electron chi connectivity index (χ1n) is 7.45. The third-order valence-electron chi connectivity index (χ3n) is 3.77. The predicted molar refractivity (Wildman–Crippen MR) is 79.8 cm³/mol. The summed E-state index contributed by atoms with van der Waals surface area (Å²) in [5, 5.41) is 8.84. The summed E-state index contributed by atoms with van der Waals surface area (Å²) in [6, 6.07) is 0. The minimum atomic E-state index is 0.140. The van der Waals surface area contributed by atoms with Crippen LogP contribution >= 0.6 is 0 Å². The van der Waals surface area contributed by atoms with Crippen LogP contribution in [0.3, 0.4) is 0 Å². The number of carbonyl (C=O) groups excluding carboxylic acids is 1. The largest absolute Gasteiger partial charge is 0.396 e. The fourth-order valence-corrected chi connectivity index (χ4v) is 2.39. The van der Waals surface area contributed by atoms with Crippen LogP contribution in [0.15, 0.2) is 0 Å². The van der Waals surface area contributed by atoms with Gasteiger partial charge in [0.15, 0.2) is 0 Å². The van der Waals surface area contributed by atoms with E-state index in [0.29, 0.717) is 31.8 Å². The molecule has 0 aromatic heterocycles. The number of hydrogen-bond acceptors (Lipinski definition) is 3. The van der Waals surface area contributed by atoms with Crippen LogP contribution in [0.1, 0.15) is 53.4 Å². The summed E-state index contributed by atoms with van der Waals surface area (Å²) >= 11 is 0. The van der Waals surface area contributed by atoms with Crippen LogP contribution in [-0.4, -0.2) is 42.2 Å². The molecule has 1 atom stereocenters. The Kier molecular flexibility index (Phi) is 9.02. The average molecular weight is 272 g/mol. The van der Waals surface area contributed by atoms with E-state index in [2.05, 4.69) is 20.8 Å². The minimum Gasteiger partial charge on any atom is -0.396 e. The molecule has 0 fully saturated rings. The molecule has 0 aliphatic carbocycles. The van der Waals surface area contributed by atoms with Crippen molar-refractivity contribution < 1.29 is 9.90 Å². The fourth-order valence-electron chi connectivity index (χ4n) is 2.39. The standard InChI is InChI=1S/C15H32N2O2/c1-5-17(11-6-12-18)14(19)8-7-13(9-10-16)15(2,3)4/h13,18H,5-12,16H2,1-4H3. The summed E-state index contributed by atoms with van der Waals surface area (Å²) in [6.45, 7) is 10.8. The molecule has 0 heterocycles. The number of rotatable bonds is 9. The number of amides is 1. The second-order valence-electron chi connectivity index (χ2n) is 6.23. The predicted octanol–water partition coefficient (Wildman–Crippen LogP) is 2.01. The van der Waals surface area contributed by atoms with E-state index in [1.165, 1.54) is 0 Å². The van der Waals surface area contributed by atoms with Gasteiger partial charge in [-0.25, -0.2) is 0 Å². The van der Waals surface area contributed by atoms with Crippen molar-refractivity contribution in [1.29, 1.82) is 0 Å². The highest BCUT2D eigenvalue weighted by molar-refractivity contribution is 5.76. The Labute approximate surface area is 118 Å². The average Bonchev–Trinajstić information content (AvgIpc) is 2.33. The lowest BCUT2D eigenvalue weighted by Gasteiger charge is -2.31. The number of nitrogens with zero attached hydrogens (tertiary/aromatic N) is 1. The van der Waals surface area contributed by atoms with Gasteiger partial charge in [-0.3, -0.25) is 4.79 Å². The Morgan fingerprint density at radius 1 is 1.32 bits per heavy atom. The molecular weight excluding hydrogens is 240 g/mol. The molecule has 0 saturated carbocycles. The first kappa shape index (κ1) is 18.4. The van der Waals surface area contributed by atoms with Gasteiger partial charge in [-0.15, -0.1) is 0 Å². The number of aliphatic hydroxyl groups is 1. The van der Waals surface area contributed by atoms with E-state index in [1.807, 2.05) is 11.8 Å². The Morgan fingerprint density at radius 3 is 2.37 bits per heavy atom. The van der Waals surface area contributed by atoms with Crippen molar-refractivity contribution in [3.05, 3.63) is 0 Å². The van der Waals surface area contributed by atoms with E-state index < -0.39 is 0 Å². The molecule has 0 saturated heterocycles. The van der Waals surface area contributed by atoms with Gasteiger partial charge in [0.1, 0.15) is 0 Å². The molecule has 4 heteroatoms. The zero-order chi connectivity index (χ0) is 14.9. The van der Waals surface area contributed by atoms with Gasteiger partial charge in [0.25, 0.3) is 0 Å². The Bertz CT molecular complexity index is 249. The van der Waals surface area contributed by atoms with Crippen molar-refractivity contribution in [3.63, 3.8) is 0 Å². The highest BCUT2D eigenvalue weighted by Gasteiger charge is 2.25. The normalized spacial score (nSPS) is 13.4. The van der Waals surface area contributed by atoms with Gasteiger partial charge in [0.2, 0.25) is 5.91 Å². The van der Waals surface area contributed by atoms with Crippen molar-refractivity contribution in [2.24, 2.45) is 17.1 Å². The Balaban J connectivity index is 4.29. The van der Waals surface area contributed by atoms with E-state index in [0.717, 1.165) is 19.4 Å². The molecule has 0 aromatic carbocycles. The maximum atomic E-state index is 12.1. The van der Waals surface area contributed by atoms with E-state index in [4.69, 9.17) is 10.8 Å². The summed E-state index contributed by atoms with van der Waals surface area (Å²) in [7, 11) is 0. The summed E-state index contributed by atoms with van der Waals surface area (Å²) < 4.78 is 0. The van der Waals surface area contributed by atoms with Crippen LogP contribution in [-0.2, 0) is 4.79 Å². The molecule has 114 valence electrons. The molecule has 0 aliphatic heterocycles. The highest BCUT2D eigenvalue weighted by atomic mass is 16.3. The van der Waals surface area contributed by atoms with E-state index in [9.17, 15) is 4.79 Å². The summed E-state index contributed by atoms with van der Waals surface area (Å²) in [5.74, 6) is 0.681. The molecule has 1 unspecified atom stereocenters. The fraction of sp³-hybridized carbons (Fsp3) is 0.933. The van der Waals surface area contributed by atoms with Gasteiger partial charge in [0, 0.05) is 26.1 Å². The number of nitrogens with two attached hydrogens (primary N) is 1. The summed E-state index contributed by atoms with van der Waals surface area (Å²) in [6.07, 6.45) is 3.11. The molecule has 3 N–H and O–H groups in total. The second-order valence-corrected chi connectivity index (χ2v) is 6.23. The Morgan fingerprint density at radius 2 is 1.95 bits per heavy atom. The third kappa shape index (κ3) is 7.53. The topological polar surface area (TPSA) is 66.6 Å². The van der Waals surface area contributed by atoms with Gasteiger partial charge in [-0.05, 0) is 44.1 Å². The minimum absolute atomic E-state index is 0.140. The molecule has 0 spiro atoms. The zero-order valence-electron chi connectivity index (χ0n) is 13.1. The summed E-state index contributed by atoms with van der Waals surface area (Å²) in [5.41, 5.74) is 5.86. The molecular formula is C15H32N2O2. The van der Waals surface area contributed by atoms with Crippen molar-refractivity contribution in [2.75, 3.05) is 26.2 Å². The molecule has 0 aromatic rings. The lowest BCUT2D eigenvalue weighted by molar-refractivity contribution is -0.131. The molecule has 1 amide bonds. The van der Waals surface area contributed by atoms with Gasteiger partial charge in [-0.1, -0.05) is 20.8 Å². The van der Waals surface area contributed by atoms with Crippen LogP contribution < -0.4 is 5.73 Å². The maximum absolute atomic E-state index is 12.1.